The smallest absolute Gasteiger partial charge is 0.236 e. The van der Waals surface area contributed by atoms with Crippen molar-refractivity contribution in [3.05, 3.63) is 0 Å². The van der Waals surface area contributed by atoms with Gasteiger partial charge in [-0.15, -0.1) is 0 Å². The van der Waals surface area contributed by atoms with Crippen molar-refractivity contribution in [3.63, 3.8) is 0 Å². The van der Waals surface area contributed by atoms with Gasteiger partial charge in [0.05, 0.1) is 6.54 Å². The first kappa shape index (κ1) is 9.97. The van der Waals surface area contributed by atoms with Crippen molar-refractivity contribution >= 4 is 5.91 Å². The van der Waals surface area contributed by atoms with E-state index in [2.05, 4.69) is 4.90 Å². The molecule has 1 aliphatic carbocycles. The van der Waals surface area contributed by atoms with Crippen LogP contribution in [-0.2, 0) is 4.79 Å². The second-order valence-electron chi connectivity index (χ2n) is 4.58. The summed E-state index contributed by atoms with van der Waals surface area (Å²) in [5.41, 5.74) is 0. The molecule has 1 saturated carbocycles. The Hall–Kier alpha value is -0.570. The average Bonchev–Trinajstić information content (AvgIpc) is 2.23. The maximum Gasteiger partial charge on any atom is 0.236 e. The zero-order valence-corrected chi connectivity index (χ0v) is 9.04. The van der Waals surface area contributed by atoms with Crippen molar-refractivity contribution < 1.29 is 4.79 Å². The van der Waals surface area contributed by atoms with Gasteiger partial charge in [-0.05, 0) is 12.8 Å². The number of likely N-dealkylation sites (N-methyl/N-ethyl adjacent to an activating group) is 1. The van der Waals surface area contributed by atoms with E-state index in [1.54, 1.807) is 0 Å². The van der Waals surface area contributed by atoms with Gasteiger partial charge in [-0.25, -0.2) is 0 Å². The molecular weight excluding hydrogens is 176 g/mol. The zero-order chi connectivity index (χ0) is 9.97. The van der Waals surface area contributed by atoms with Gasteiger partial charge in [-0.3, -0.25) is 9.69 Å². The number of rotatable bonds is 1. The Bertz CT molecular complexity index is 211. The summed E-state index contributed by atoms with van der Waals surface area (Å²) in [7, 11) is 1.90. The van der Waals surface area contributed by atoms with Crippen molar-refractivity contribution in [2.45, 2.75) is 38.1 Å². The molecule has 0 spiro atoms. The molecule has 3 heteroatoms. The Kier molecular flexibility index (Phi) is 3.06. The summed E-state index contributed by atoms with van der Waals surface area (Å²) in [6.45, 7) is 2.64. The van der Waals surface area contributed by atoms with Gasteiger partial charge in [0.1, 0.15) is 0 Å². The van der Waals surface area contributed by atoms with E-state index in [9.17, 15) is 4.79 Å². The number of hydrogen-bond donors (Lipinski definition) is 0. The van der Waals surface area contributed by atoms with Gasteiger partial charge < -0.3 is 4.90 Å². The van der Waals surface area contributed by atoms with Crippen LogP contribution in [0.4, 0.5) is 0 Å². The van der Waals surface area contributed by atoms with E-state index in [4.69, 9.17) is 0 Å². The molecule has 14 heavy (non-hydrogen) atoms. The molecule has 1 aliphatic heterocycles. The highest BCUT2D eigenvalue weighted by Crippen LogP contribution is 2.23. The van der Waals surface area contributed by atoms with E-state index < -0.39 is 0 Å². The molecule has 0 atom stereocenters. The van der Waals surface area contributed by atoms with E-state index in [0.717, 1.165) is 13.1 Å². The first-order valence-corrected chi connectivity index (χ1v) is 5.75. The van der Waals surface area contributed by atoms with Gasteiger partial charge >= 0.3 is 0 Å². The van der Waals surface area contributed by atoms with Crippen LogP contribution in [0.3, 0.4) is 0 Å². The van der Waals surface area contributed by atoms with Crippen molar-refractivity contribution in [1.82, 2.24) is 9.80 Å². The van der Waals surface area contributed by atoms with Crippen LogP contribution in [0.25, 0.3) is 0 Å². The number of carbonyl (C=O) groups excluding carboxylic acids is 1. The third kappa shape index (κ3) is 2.08. The lowest BCUT2D eigenvalue weighted by Gasteiger charge is -2.39. The van der Waals surface area contributed by atoms with Crippen LogP contribution in [0.1, 0.15) is 32.1 Å². The predicted molar refractivity (Wildman–Crippen MR) is 56.1 cm³/mol. The summed E-state index contributed by atoms with van der Waals surface area (Å²) in [6, 6.07) is 0.696. The molecule has 1 saturated heterocycles. The van der Waals surface area contributed by atoms with E-state index in [-0.39, 0.29) is 0 Å². The largest absolute Gasteiger partial charge is 0.343 e. The van der Waals surface area contributed by atoms with E-state index in [1.165, 1.54) is 32.1 Å². The quantitative estimate of drug-likeness (QED) is 0.627. The second kappa shape index (κ2) is 4.30. The highest BCUT2D eigenvalue weighted by Gasteiger charge is 2.27. The monoisotopic (exact) mass is 196 g/mol. The molecule has 0 radical (unpaired) electrons. The molecule has 2 aliphatic rings. The first-order chi connectivity index (χ1) is 6.77. The minimum Gasteiger partial charge on any atom is -0.343 e. The number of nitrogens with zero attached hydrogens (tertiary/aromatic N) is 2. The summed E-state index contributed by atoms with van der Waals surface area (Å²) in [5.74, 6) is 0.293. The van der Waals surface area contributed by atoms with Crippen molar-refractivity contribution in [1.29, 1.82) is 0 Å². The maximum absolute atomic E-state index is 11.5. The SMILES string of the molecule is CN1CCN(C2CCCCC2)CC1=O. The predicted octanol–water partition coefficient (Wildman–Crippen LogP) is 1.09. The molecule has 2 fully saturated rings. The summed E-state index contributed by atoms with van der Waals surface area (Å²) in [4.78, 5) is 15.8. The Morgan fingerprint density at radius 1 is 1.14 bits per heavy atom. The van der Waals surface area contributed by atoms with E-state index in [0.29, 0.717) is 18.5 Å². The average molecular weight is 196 g/mol. The fraction of sp³-hybridized carbons (Fsp3) is 0.909. The van der Waals surface area contributed by atoms with Gasteiger partial charge in [-0.1, -0.05) is 19.3 Å². The highest BCUT2D eigenvalue weighted by atomic mass is 16.2. The van der Waals surface area contributed by atoms with Crippen LogP contribution in [0.5, 0.6) is 0 Å². The lowest BCUT2D eigenvalue weighted by atomic mass is 9.94. The third-order valence-corrected chi connectivity index (χ3v) is 3.58. The molecule has 0 N–H and O–H groups in total. The molecule has 0 aromatic rings. The maximum atomic E-state index is 11.5. The molecule has 1 amide bonds. The Labute approximate surface area is 86.1 Å². The Morgan fingerprint density at radius 2 is 1.86 bits per heavy atom. The van der Waals surface area contributed by atoms with Crippen LogP contribution in [0.2, 0.25) is 0 Å². The molecule has 80 valence electrons. The van der Waals surface area contributed by atoms with Crippen LogP contribution in [0, 0.1) is 0 Å². The summed E-state index contributed by atoms with van der Waals surface area (Å²) in [5, 5.41) is 0. The molecule has 0 unspecified atom stereocenters. The number of piperazine rings is 1. The minimum absolute atomic E-state index is 0.293. The van der Waals surface area contributed by atoms with E-state index >= 15 is 0 Å². The molecule has 1 heterocycles. The van der Waals surface area contributed by atoms with Crippen LogP contribution < -0.4 is 0 Å². The lowest BCUT2D eigenvalue weighted by molar-refractivity contribution is -0.135. The molecule has 0 bridgehead atoms. The second-order valence-corrected chi connectivity index (χ2v) is 4.58. The molecule has 0 aromatic carbocycles. The van der Waals surface area contributed by atoms with Crippen LogP contribution in [-0.4, -0.2) is 48.4 Å². The van der Waals surface area contributed by atoms with Crippen LogP contribution >= 0.6 is 0 Å². The summed E-state index contributed by atoms with van der Waals surface area (Å²) in [6.07, 6.45) is 6.70. The van der Waals surface area contributed by atoms with Crippen molar-refractivity contribution in [3.8, 4) is 0 Å². The van der Waals surface area contributed by atoms with Gasteiger partial charge in [0.25, 0.3) is 0 Å². The standard InChI is InChI=1S/C11H20N2O/c1-12-7-8-13(9-11(12)14)10-5-3-2-4-6-10/h10H,2-9H2,1H3. The molecule has 3 nitrogen and oxygen atoms in total. The van der Waals surface area contributed by atoms with Gasteiger partial charge in [0, 0.05) is 26.2 Å². The van der Waals surface area contributed by atoms with Crippen molar-refractivity contribution in [2.24, 2.45) is 0 Å². The fourth-order valence-electron chi connectivity index (χ4n) is 2.53. The minimum atomic E-state index is 0.293. The molecular formula is C11H20N2O. The Morgan fingerprint density at radius 3 is 2.50 bits per heavy atom. The topological polar surface area (TPSA) is 23.6 Å². The number of amides is 1. The fourth-order valence-corrected chi connectivity index (χ4v) is 2.53. The zero-order valence-electron chi connectivity index (χ0n) is 9.04. The lowest BCUT2D eigenvalue weighted by Crippen LogP contribution is -2.52. The number of hydrogen-bond acceptors (Lipinski definition) is 2. The van der Waals surface area contributed by atoms with Crippen molar-refractivity contribution in [2.75, 3.05) is 26.7 Å². The first-order valence-electron chi connectivity index (χ1n) is 5.75. The summed E-state index contributed by atoms with van der Waals surface area (Å²) >= 11 is 0. The number of carbonyl (C=O) groups is 1. The van der Waals surface area contributed by atoms with E-state index in [1.807, 2.05) is 11.9 Å². The Balaban J connectivity index is 1.88. The highest BCUT2D eigenvalue weighted by molar-refractivity contribution is 5.78. The molecule has 0 aromatic heterocycles. The van der Waals surface area contributed by atoms with Gasteiger partial charge in [0.2, 0.25) is 5.91 Å². The van der Waals surface area contributed by atoms with Gasteiger partial charge in [-0.2, -0.15) is 0 Å². The molecule has 2 rings (SSSR count). The van der Waals surface area contributed by atoms with Gasteiger partial charge in [0.15, 0.2) is 0 Å². The third-order valence-electron chi connectivity index (χ3n) is 3.58. The van der Waals surface area contributed by atoms with Crippen LogP contribution in [0.15, 0.2) is 0 Å². The normalized spacial score (nSPS) is 26.9. The summed E-state index contributed by atoms with van der Waals surface area (Å²) < 4.78 is 0.